The third-order valence-electron chi connectivity index (χ3n) is 1.10. The maximum atomic E-state index is 10.9. The third kappa shape index (κ3) is 5.09. The fourth-order valence-electron chi connectivity index (χ4n) is 0.557. The van der Waals surface area contributed by atoms with E-state index in [9.17, 15) is 4.79 Å². The number of esters is 1. The number of carbonyl (C=O) groups is 1. The molecule has 2 N–H and O–H groups in total. The van der Waals surface area contributed by atoms with Gasteiger partial charge in [-0.05, 0) is 12.7 Å². The quantitative estimate of drug-likeness (QED) is 0.626. The van der Waals surface area contributed by atoms with Gasteiger partial charge < -0.3 is 10.5 Å². The minimum absolute atomic E-state index is 0.291. The Morgan fingerprint density at radius 1 is 1.73 bits per heavy atom. The molecule has 3 nitrogen and oxygen atoms in total. The summed E-state index contributed by atoms with van der Waals surface area (Å²) in [5, 5.41) is 0. The molecule has 0 heterocycles. The van der Waals surface area contributed by atoms with E-state index in [2.05, 4.69) is 0 Å². The Hall–Kier alpha value is -0.220. The van der Waals surface area contributed by atoms with Gasteiger partial charge in [-0.3, -0.25) is 4.79 Å². The van der Waals surface area contributed by atoms with Crippen LogP contribution in [-0.2, 0) is 9.53 Å². The zero-order valence-corrected chi connectivity index (χ0v) is 7.82. The van der Waals surface area contributed by atoms with Crippen LogP contribution in [0.2, 0.25) is 0 Å². The highest BCUT2D eigenvalue weighted by Gasteiger charge is 2.12. The summed E-state index contributed by atoms with van der Waals surface area (Å²) in [5.74, 6) is 0.337. The SMILES string of the molecule is CCCOC(=O)[C@@H](N)CSC. The second-order valence-electron chi connectivity index (χ2n) is 2.23. The van der Waals surface area contributed by atoms with E-state index in [1.807, 2.05) is 13.2 Å². The lowest BCUT2D eigenvalue weighted by atomic mass is 10.4. The first kappa shape index (κ1) is 10.8. The van der Waals surface area contributed by atoms with Crippen LogP contribution in [0.1, 0.15) is 13.3 Å². The molecule has 4 heteroatoms. The first-order valence-electron chi connectivity index (χ1n) is 3.63. The Balaban J connectivity index is 3.47. The number of rotatable bonds is 5. The van der Waals surface area contributed by atoms with Crippen LogP contribution in [0.4, 0.5) is 0 Å². The molecule has 0 aliphatic rings. The van der Waals surface area contributed by atoms with Crippen LogP contribution >= 0.6 is 11.8 Å². The molecule has 11 heavy (non-hydrogen) atoms. The van der Waals surface area contributed by atoms with Crippen molar-refractivity contribution >= 4 is 17.7 Å². The van der Waals surface area contributed by atoms with E-state index in [4.69, 9.17) is 10.5 Å². The van der Waals surface area contributed by atoms with Gasteiger partial charge in [0.2, 0.25) is 0 Å². The lowest BCUT2D eigenvalue weighted by Crippen LogP contribution is -2.34. The number of thioether (sulfide) groups is 1. The lowest BCUT2D eigenvalue weighted by molar-refractivity contribution is -0.144. The first-order valence-corrected chi connectivity index (χ1v) is 5.03. The summed E-state index contributed by atoms with van der Waals surface area (Å²) in [4.78, 5) is 10.9. The monoisotopic (exact) mass is 177 g/mol. The molecule has 0 radical (unpaired) electrons. The van der Waals surface area contributed by atoms with Crippen molar-refractivity contribution in [2.24, 2.45) is 5.73 Å². The zero-order chi connectivity index (χ0) is 8.69. The molecule has 0 rings (SSSR count). The summed E-state index contributed by atoms with van der Waals surface area (Å²) in [6, 6.07) is -0.462. The molecule has 0 aliphatic heterocycles. The largest absolute Gasteiger partial charge is 0.465 e. The fourth-order valence-corrected chi connectivity index (χ4v) is 1.05. The van der Waals surface area contributed by atoms with Crippen molar-refractivity contribution in [1.29, 1.82) is 0 Å². The summed E-state index contributed by atoms with van der Waals surface area (Å²) in [5.41, 5.74) is 5.47. The predicted octanol–water partition coefficient (Wildman–Crippen LogP) is 0.630. The average Bonchev–Trinajstić information content (AvgIpc) is 2.00. The van der Waals surface area contributed by atoms with Crippen LogP contribution in [0.3, 0.4) is 0 Å². The Kier molecular flexibility index (Phi) is 6.36. The first-order chi connectivity index (χ1) is 5.22. The molecule has 0 amide bonds. The number of hydrogen-bond acceptors (Lipinski definition) is 4. The van der Waals surface area contributed by atoms with Gasteiger partial charge in [0.05, 0.1) is 6.61 Å². The lowest BCUT2D eigenvalue weighted by Gasteiger charge is -2.08. The maximum absolute atomic E-state index is 10.9. The molecule has 0 aromatic carbocycles. The van der Waals surface area contributed by atoms with Gasteiger partial charge in [0.25, 0.3) is 0 Å². The van der Waals surface area contributed by atoms with Gasteiger partial charge in [0.1, 0.15) is 6.04 Å². The molecule has 0 fully saturated rings. The van der Waals surface area contributed by atoms with Crippen LogP contribution < -0.4 is 5.73 Å². The van der Waals surface area contributed by atoms with E-state index in [0.717, 1.165) is 6.42 Å². The minimum Gasteiger partial charge on any atom is -0.465 e. The topological polar surface area (TPSA) is 52.3 Å². The molecule has 0 bridgehead atoms. The average molecular weight is 177 g/mol. The van der Waals surface area contributed by atoms with Gasteiger partial charge in [-0.2, -0.15) is 11.8 Å². The van der Waals surface area contributed by atoms with Gasteiger partial charge in [-0.1, -0.05) is 6.92 Å². The van der Waals surface area contributed by atoms with Crippen molar-refractivity contribution in [3.63, 3.8) is 0 Å². The molecular weight excluding hydrogens is 162 g/mol. The van der Waals surface area contributed by atoms with E-state index in [1.165, 1.54) is 0 Å². The van der Waals surface area contributed by atoms with E-state index in [-0.39, 0.29) is 5.97 Å². The van der Waals surface area contributed by atoms with Crippen molar-refractivity contribution in [2.45, 2.75) is 19.4 Å². The molecule has 0 aliphatic carbocycles. The summed E-state index contributed by atoms with van der Waals surface area (Å²) < 4.78 is 4.83. The number of ether oxygens (including phenoxy) is 1. The molecule has 0 unspecified atom stereocenters. The summed E-state index contributed by atoms with van der Waals surface area (Å²) >= 11 is 1.55. The minimum atomic E-state index is -0.462. The van der Waals surface area contributed by atoms with Crippen molar-refractivity contribution in [3.8, 4) is 0 Å². The molecule has 1 atom stereocenters. The van der Waals surface area contributed by atoms with Gasteiger partial charge in [-0.25, -0.2) is 0 Å². The van der Waals surface area contributed by atoms with Crippen molar-refractivity contribution in [3.05, 3.63) is 0 Å². The van der Waals surface area contributed by atoms with Crippen LogP contribution in [0.25, 0.3) is 0 Å². The van der Waals surface area contributed by atoms with Crippen molar-refractivity contribution in [1.82, 2.24) is 0 Å². The number of nitrogens with two attached hydrogens (primary N) is 1. The fraction of sp³-hybridized carbons (Fsp3) is 0.857. The van der Waals surface area contributed by atoms with E-state index >= 15 is 0 Å². The molecule has 0 aromatic rings. The molecule has 0 saturated carbocycles. The second kappa shape index (κ2) is 6.49. The van der Waals surface area contributed by atoms with Crippen LogP contribution in [0.15, 0.2) is 0 Å². The van der Waals surface area contributed by atoms with Gasteiger partial charge >= 0.3 is 5.97 Å². The molecule has 0 spiro atoms. The molecule has 66 valence electrons. The van der Waals surface area contributed by atoms with Crippen LogP contribution in [0, 0.1) is 0 Å². The number of carbonyl (C=O) groups excluding carboxylic acids is 1. The van der Waals surface area contributed by atoms with Gasteiger partial charge in [0.15, 0.2) is 0 Å². The highest BCUT2D eigenvalue weighted by atomic mass is 32.2. The highest BCUT2D eigenvalue weighted by molar-refractivity contribution is 7.98. The standard InChI is InChI=1S/C7H15NO2S/c1-3-4-10-7(9)6(8)5-11-2/h6H,3-5,8H2,1-2H3/t6-/m0/s1. The summed E-state index contributed by atoms with van der Waals surface area (Å²) in [6.07, 6.45) is 2.75. The van der Waals surface area contributed by atoms with Crippen molar-refractivity contribution in [2.75, 3.05) is 18.6 Å². The normalized spacial score (nSPS) is 12.6. The van der Waals surface area contributed by atoms with Gasteiger partial charge in [0, 0.05) is 5.75 Å². The van der Waals surface area contributed by atoms with Crippen LogP contribution in [0.5, 0.6) is 0 Å². The summed E-state index contributed by atoms with van der Waals surface area (Å²) in [6.45, 7) is 2.42. The Morgan fingerprint density at radius 3 is 2.82 bits per heavy atom. The zero-order valence-electron chi connectivity index (χ0n) is 7.00. The Bertz CT molecular complexity index is 119. The van der Waals surface area contributed by atoms with E-state index < -0.39 is 6.04 Å². The molecule has 0 saturated heterocycles. The maximum Gasteiger partial charge on any atom is 0.323 e. The van der Waals surface area contributed by atoms with E-state index in [0.29, 0.717) is 12.4 Å². The molecular formula is C7H15NO2S. The van der Waals surface area contributed by atoms with Crippen LogP contribution in [-0.4, -0.2) is 30.6 Å². The number of hydrogen-bond donors (Lipinski definition) is 1. The molecule has 0 aromatic heterocycles. The Morgan fingerprint density at radius 2 is 2.36 bits per heavy atom. The Labute approximate surface area is 71.7 Å². The van der Waals surface area contributed by atoms with Crippen molar-refractivity contribution < 1.29 is 9.53 Å². The predicted molar refractivity (Wildman–Crippen MR) is 47.6 cm³/mol. The summed E-state index contributed by atoms with van der Waals surface area (Å²) in [7, 11) is 0. The third-order valence-corrected chi connectivity index (χ3v) is 1.79. The smallest absolute Gasteiger partial charge is 0.323 e. The van der Waals surface area contributed by atoms with Gasteiger partial charge in [-0.15, -0.1) is 0 Å². The van der Waals surface area contributed by atoms with E-state index in [1.54, 1.807) is 11.8 Å². The highest BCUT2D eigenvalue weighted by Crippen LogP contribution is 1.96. The second-order valence-corrected chi connectivity index (χ2v) is 3.14.